The summed E-state index contributed by atoms with van der Waals surface area (Å²) in [5.41, 5.74) is 1.07. The van der Waals surface area contributed by atoms with Crippen molar-refractivity contribution in [2.45, 2.75) is 40.2 Å². The zero-order chi connectivity index (χ0) is 30.1. The van der Waals surface area contributed by atoms with Crippen molar-refractivity contribution in [3.05, 3.63) is 75.7 Å². The van der Waals surface area contributed by atoms with Crippen LogP contribution in [0.25, 0.3) is 11.0 Å². The van der Waals surface area contributed by atoms with E-state index < -0.39 is 23.5 Å². The second-order valence-corrected chi connectivity index (χ2v) is 10.6. The summed E-state index contributed by atoms with van der Waals surface area (Å²) in [5, 5.41) is 12.0. The van der Waals surface area contributed by atoms with Gasteiger partial charge in [-0.15, -0.1) is 0 Å². The predicted octanol–water partition coefficient (Wildman–Crippen LogP) is 6.38. The highest BCUT2D eigenvalue weighted by molar-refractivity contribution is 7.17. The maximum Gasteiger partial charge on any atom is 0.296 e. The van der Waals surface area contributed by atoms with Gasteiger partial charge in [-0.05, 0) is 50.1 Å². The fourth-order valence-electron chi connectivity index (χ4n) is 4.90. The molecule has 0 radical (unpaired) electrons. The first kappa shape index (κ1) is 28.9. The second-order valence-electron chi connectivity index (χ2n) is 9.61. The summed E-state index contributed by atoms with van der Waals surface area (Å²) >= 11 is 1.02. The average Bonchev–Trinajstić information content (AvgIpc) is 3.66. The van der Waals surface area contributed by atoms with Crippen LogP contribution in [0.1, 0.15) is 64.7 Å². The monoisotopic (exact) mass is 590 g/mol. The molecule has 42 heavy (non-hydrogen) atoms. The largest absolute Gasteiger partial charge is 0.503 e. The first-order valence-corrected chi connectivity index (χ1v) is 14.3. The minimum Gasteiger partial charge on any atom is -0.503 e. The van der Waals surface area contributed by atoms with Crippen LogP contribution in [0.15, 0.2) is 58.2 Å². The number of aromatic nitrogens is 1. The molecule has 218 valence electrons. The van der Waals surface area contributed by atoms with Gasteiger partial charge in [-0.1, -0.05) is 36.5 Å². The minimum atomic E-state index is -1.11. The Morgan fingerprint density at radius 2 is 1.88 bits per heavy atom. The summed E-state index contributed by atoms with van der Waals surface area (Å²) in [7, 11) is 1.49. The van der Waals surface area contributed by atoms with E-state index in [2.05, 4.69) is 4.98 Å². The highest BCUT2D eigenvalue weighted by Gasteiger charge is 2.47. The fourth-order valence-corrected chi connectivity index (χ4v) is 5.89. The van der Waals surface area contributed by atoms with E-state index in [4.69, 9.17) is 18.6 Å². The van der Waals surface area contributed by atoms with Crippen LogP contribution in [-0.4, -0.2) is 47.9 Å². The smallest absolute Gasteiger partial charge is 0.296 e. The Hall–Kier alpha value is -4.64. The lowest BCUT2D eigenvalue weighted by Crippen LogP contribution is -2.31. The molecule has 0 saturated carbocycles. The number of benzene rings is 2. The van der Waals surface area contributed by atoms with E-state index in [1.807, 2.05) is 13.8 Å². The normalized spacial score (nSPS) is 15.0. The molecule has 0 spiro atoms. The van der Waals surface area contributed by atoms with Crippen molar-refractivity contribution in [1.29, 1.82) is 0 Å². The maximum atomic E-state index is 14.1. The van der Waals surface area contributed by atoms with Gasteiger partial charge in [-0.2, -0.15) is 0 Å². The number of furan rings is 1. The summed E-state index contributed by atoms with van der Waals surface area (Å²) in [4.78, 5) is 46.0. The molecule has 4 aromatic rings. The van der Waals surface area contributed by atoms with Crippen molar-refractivity contribution in [3.8, 4) is 17.2 Å². The third kappa shape index (κ3) is 5.00. The van der Waals surface area contributed by atoms with Crippen LogP contribution in [0.3, 0.4) is 0 Å². The highest BCUT2D eigenvalue weighted by atomic mass is 32.1. The number of carbonyl (C=O) groups excluding carboxylic acids is 3. The Morgan fingerprint density at radius 1 is 1.10 bits per heavy atom. The second kappa shape index (κ2) is 11.7. The molecule has 1 N–H and O–H groups in total. The molecule has 5 rings (SSSR count). The first-order chi connectivity index (χ1) is 20.2. The zero-order valence-electron chi connectivity index (χ0n) is 23.8. The number of aliphatic hydroxyl groups is 1. The predicted molar refractivity (Wildman–Crippen MR) is 157 cm³/mol. The number of Topliss-reactive ketones (excluding diaryl/α,β-unsaturated/α-hetero) is 2. The van der Waals surface area contributed by atoms with Gasteiger partial charge >= 0.3 is 0 Å². The van der Waals surface area contributed by atoms with Crippen molar-refractivity contribution in [1.82, 2.24) is 4.98 Å². The van der Waals surface area contributed by atoms with Gasteiger partial charge in [0, 0.05) is 12.3 Å². The summed E-state index contributed by atoms with van der Waals surface area (Å²) < 4.78 is 23.0. The van der Waals surface area contributed by atoms with Crippen LogP contribution >= 0.6 is 11.3 Å². The van der Waals surface area contributed by atoms with E-state index in [-0.39, 0.29) is 22.2 Å². The van der Waals surface area contributed by atoms with E-state index >= 15 is 0 Å². The molecule has 0 saturated heterocycles. The van der Waals surface area contributed by atoms with Gasteiger partial charge in [0.15, 0.2) is 45.3 Å². The van der Waals surface area contributed by atoms with Crippen LogP contribution in [0.4, 0.5) is 5.13 Å². The van der Waals surface area contributed by atoms with E-state index in [0.717, 1.165) is 17.8 Å². The molecule has 2 aromatic heterocycles. The van der Waals surface area contributed by atoms with E-state index in [9.17, 15) is 19.5 Å². The van der Waals surface area contributed by atoms with Crippen molar-refractivity contribution < 1.29 is 38.1 Å². The lowest BCUT2D eigenvalue weighted by molar-refractivity contribution is -0.117. The number of para-hydroxylation sites is 1. The van der Waals surface area contributed by atoms with Gasteiger partial charge in [-0.25, -0.2) is 4.98 Å². The standard InChI is InChI=1S/C31H30N2O8S/c1-6-13-40-20-12-11-18(14-22(20)39-7-2)25-24(26(35)23-15-19-9-8-10-21(38-5)28(19)41-23)27(36)30(37)33(25)31-32-16(3)29(42-31)17(4)34/h8-12,14-15,25,36H,6-7,13H2,1-5H3. The van der Waals surface area contributed by atoms with E-state index in [1.165, 1.54) is 18.9 Å². The number of rotatable bonds is 11. The van der Waals surface area contributed by atoms with E-state index in [1.54, 1.807) is 49.4 Å². The first-order valence-electron chi connectivity index (χ1n) is 13.5. The number of aliphatic hydroxyl groups excluding tert-OH is 1. The molecule has 0 bridgehead atoms. The average molecular weight is 591 g/mol. The Balaban J connectivity index is 1.68. The number of aryl methyl sites for hydroxylation is 1. The van der Waals surface area contributed by atoms with Crippen LogP contribution in [-0.2, 0) is 4.79 Å². The van der Waals surface area contributed by atoms with Crippen LogP contribution in [0, 0.1) is 6.92 Å². The molecule has 3 heterocycles. The highest BCUT2D eigenvalue weighted by Crippen LogP contribution is 2.46. The van der Waals surface area contributed by atoms with E-state index in [0.29, 0.717) is 57.6 Å². The number of hydrogen-bond acceptors (Lipinski definition) is 10. The minimum absolute atomic E-state index is 0.0802. The molecule has 2 aromatic carbocycles. The Morgan fingerprint density at radius 3 is 2.55 bits per heavy atom. The summed E-state index contributed by atoms with van der Waals surface area (Å²) in [6.07, 6.45) is 0.789. The molecular formula is C31H30N2O8S. The Labute approximate surface area is 246 Å². The Kier molecular flexibility index (Phi) is 8.04. The van der Waals surface area contributed by atoms with Crippen molar-refractivity contribution in [3.63, 3.8) is 0 Å². The number of fused-ring (bicyclic) bond motifs is 1. The number of anilines is 1. The number of carbonyl (C=O) groups is 3. The Bertz CT molecular complexity index is 1730. The number of amides is 1. The van der Waals surface area contributed by atoms with Gasteiger partial charge in [-0.3, -0.25) is 19.3 Å². The molecule has 1 amide bonds. The fraction of sp³-hybridized carbons (Fsp3) is 0.290. The third-order valence-electron chi connectivity index (χ3n) is 6.76. The van der Waals surface area contributed by atoms with Gasteiger partial charge in [0.1, 0.15) is 0 Å². The molecule has 1 aliphatic heterocycles. The van der Waals surface area contributed by atoms with Gasteiger partial charge in [0.2, 0.25) is 5.78 Å². The van der Waals surface area contributed by atoms with Crippen LogP contribution in [0.2, 0.25) is 0 Å². The number of ether oxygens (including phenoxy) is 3. The van der Waals surface area contributed by atoms with Gasteiger partial charge < -0.3 is 23.7 Å². The topological polar surface area (TPSA) is 128 Å². The van der Waals surface area contributed by atoms with Crippen molar-refractivity contribution in [2.75, 3.05) is 25.2 Å². The molecule has 11 heteroatoms. The lowest BCUT2D eigenvalue weighted by Gasteiger charge is -2.25. The molecule has 1 aliphatic rings. The van der Waals surface area contributed by atoms with Crippen LogP contribution in [0.5, 0.6) is 17.2 Å². The lowest BCUT2D eigenvalue weighted by atomic mass is 9.95. The summed E-state index contributed by atoms with van der Waals surface area (Å²) in [5.74, 6) is -1.18. The summed E-state index contributed by atoms with van der Waals surface area (Å²) in [6.45, 7) is 7.72. The molecule has 1 atom stereocenters. The summed E-state index contributed by atoms with van der Waals surface area (Å²) in [6, 6.07) is 10.8. The third-order valence-corrected chi connectivity index (χ3v) is 8.02. The van der Waals surface area contributed by atoms with Crippen molar-refractivity contribution in [2.24, 2.45) is 0 Å². The number of methoxy groups -OCH3 is 1. The van der Waals surface area contributed by atoms with Gasteiger partial charge in [0.05, 0.1) is 42.5 Å². The maximum absolute atomic E-state index is 14.1. The zero-order valence-corrected chi connectivity index (χ0v) is 24.7. The SMILES string of the molecule is CCCOc1ccc(C2C(C(=O)c3cc4cccc(OC)c4o3)=C(O)C(=O)N2c2nc(C)c(C(C)=O)s2)cc1OCC. The molecule has 1 unspecified atom stereocenters. The number of thiazole rings is 1. The van der Waals surface area contributed by atoms with Crippen LogP contribution < -0.4 is 19.1 Å². The van der Waals surface area contributed by atoms with Crippen molar-refractivity contribution >= 4 is 44.9 Å². The quantitative estimate of drug-likeness (QED) is 0.198. The molecule has 0 fully saturated rings. The number of hydrogen-bond donors (Lipinski definition) is 1. The number of nitrogens with zero attached hydrogens (tertiary/aromatic N) is 2. The molecular weight excluding hydrogens is 560 g/mol. The molecule has 0 aliphatic carbocycles. The molecule has 10 nitrogen and oxygen atoms in total. The van der Waals surface area contributed by atoms with Gasteiger partial charge in [0.25, 0.3) is 5.91 Å². The number of ketones is 2.